The molecule has 0 radical (unpaired) electrons. The molecule has 0 rings (SSSR count). The first kappa shape index (κ1) is 77.4. The van der Waals surface area contributed by atoms with E-state index in [0.29, 0.717) is 19.3 Å². The van der Waals surface area contributed by atoms with E-state index in [1.54, 1.807) is 0 Å². The second kappa shape index (κ2) is 68.9. The minimum atomic E-state index is -0.779. The van der Waals surface area contributed by atoms with Gasteiger partial charge < -0.3 is 14.2 Å². The zero-order valence-corrected chi connectivity index (χ0v) is 53.9. The van der Waals surface area contributed by atoms with E-state index in [-0.39, 0.29) is 31.1 Å². The number of carbonyl (C=O) groups is 3. The fourth-order valence-corrected chi connectivity index (χ4v) is 10.7. The third-order valence-corrected chi connectivity index (χ3v) is 16.1. The molecule has 0 aromatic carbocycles. The van der Waals surface area contributed by atoms with Crippen LogP contribution in [0.15, 0.2) is 48.6 Å². The Hall–Kier alpha value is -2.63. The predicted molar refractivity (Wildman–Crippen MR) is 349 cm³/mol. The van der Waals surface area contributed by atoms with Crippen LogP contribution < -0.4 is 0 Å². The van der Waals surface area contributed by atoms with Crippen LogP contribution in [0.5, 0.6) is 0 Å². The van der Waals surface area contributed by atoms with Crippen molar-refractivity contribution in [3.63, 3.8) is 0 Å². The standard InChI is InChI=1S/C74H136O6/c1-4-7-10-13-16-19-22-25-28-30-32-33-34-35-36-37-38-39-40-41-43-44-46-49-52-55-58-61-64-67-73(76)79-70-71(69-78-72(75)66-63-60-57-54-51-48-27-24-21-18-15-12-9-6-3)80-74(77)68-65-62-59-56-53-50-47-45-42-31-29-26-23-20-17-14-11-8-5-2/h17,20,26,29-30,32,42,45,71H,4-16,18-19,21-25,27-28,31,33-41,43-44,46-70H2,1-3H3/b20-17-,29-26-,32-30-,45-42-. The molecular weight excluding hydrogens is 985 g/mol. The lowest BCUT2D eigenvalue weighted by atomic mass is 10.0. The van der Waals surface area contributed by atoms with Crippen molar-refractivity contribution in [2.45, 2.75) is 393 Å². The molecule has 0 spiro atoms. The molecule has 0 aliphatic rings. The molecule has 80 heavy (non-hydrogen) atoms. The average molecular weight is 1120 g/mol. The third kappa shape index (κ3) is 66.2. The maximum absolute atomic E-state index is 12.9. The van der Waals surface area contributed by atoms with E-state index in [9.17, 15) is 14.4 Å². The molecule has 1 atom stereocenters. The molecule has 0 aliphatic carbocycles. The smallest absolute Gasteiger partial charge is 0.306 e. The summed E-state index contributed by atoms with van der Waals surface area (Å²) in [6.45, 7) is 6.67. The highest BCUT2D eigenvalue weighted by Gasteiger charge is 2.19. The molecule has 1 unspecified atom stereocenters. The Morgan fingerprint density at radius 3 is 0.738 bits per heavy atom. The zero-order chi connectivity index (χ0) is 57.8. The van der Waals surface area contributed by atoms with Gasteiger partial charge in [-0.15, -0.1) is 0 Å². The van der Waals surface area contributed by atoms with Crippen molar-refractivity contribution in [3.05, 3.63) is 48.6 Å². The van der Waals surface area contributed by atoms with Crippen LogP contribution in [0.25, 0.3) is 0 Å². The highest BCUT2D eigenvalue weighted by molar-refractivity contribution is 5.71. The first-order valence-corrected chi connectivity index (χ1v) is 35.6. The van der Waals surface area contributed by atoms with Crippen LogP contribution in [0.1, 0.15) is 387 Å². The molecule has 6 heteroatoms. The highest BCUT2D eigenvalue weighted by Crippen LogP contribution is 2.18. The van der Waals surface area contributed by atoms with Gasteiger partial charge in [-0.2, -0.15) is 0 Å². The van der Waals surface area contributed by atoms with Crippen LogP contribution in [0.2, 0.25) is 0 Å². The average Bonchev–Trinajstić information content (AvgIpc) is 3.46. The van der Waals surface area contributed by atoms with Gasteiger partial charge in [0.1, 0.15) is 13.2 Å². The Morgan fingerprint density at radius 2 is 0.450 bits per heavy atom. The summed E-state index contributed by atoms with van der Waals surface area (Å²) in [7, 11) is 0. The summed E-state index contributed by atoms with van der Waals surface area (Å²) < 4.78 is 17.0. The summed E-state index contributed by atoms with van der Waals surface area (Å²) in [6, 6.07) is 0. The number of carbonyl (C=O) groups excluding carboxylic acids is 3. The van der Waals surface area contributed by atoms with Crippen molar-refractivity contribution >= 4 is 17.9 Å². The Balaban J connectivity index is 4.22. The molecule has 0 saturated carbocycles. The number of ether oxygens (including phenoxy) is 3. The molecular formula is C74H136O6. The summed E-state index contributed by atoms with van der Waals surface area (Å²) in [5.74, 6) is -0.860. The molecule has 0 bridgehead atoms. The van der Waals surface area contributed by atoms with Gasteiger partial charge in [0.15, 0.2) is 6.10 Å². The van der Waals surface area contributed by atoms with Crippen molar-refractivity contribution in [2.75, 3.05) is 13.2 Å². The minimum Gasteiger partial charge on any atom is -0.462 e. The van der Waals surface area contributed by atoms with Crippen LogP contribution in [0, 0.1) is 0 Å². The van der Waals surface area contributed by atoms with Gasteiger partial charge in [-0.05, 0) is 83.5 Å². The largest absolute Gasteiger partial charge is 0.462 e. The molecule has 0 amide bonds. The minimum absolute atomic E-state index is 0.0736. The van der Waals surface area contributed by atoms with Crippen LogP contribution in [0.4, 0.5) is 0 Å². The molecule has 6 nitrogen and oxygen atoms in total. The maximum Gasteiger partial charge on any atom is 0.306 e. The molecule has 468 valence electrons. The molecule has 0 heterocycles. The Morgan fingerprint density at radius 1 is 0.250 bits per heavy atom. The van der Waals surface area contributed by atoms with E-state index in [1.807, 2.05) is 0 Å². The van der Waals surface area contributed by atoms with Crippen molar-refractivity contribution in [1.82, 2.24) is 0 Å². The third-order valence-electron chi connectivity index (χ3n) is 16.1. The summed E-state index contributed by atoms with van der Waals surface area (Å²) in [6.07, 6.45) is 87.1. The lowest BCUT2D eigenvalue weighted by Crippen LogP contribution is -2.30. The first-order chi connectivity index (χ1) is 39.5. The monoisotopic (exact) mass is 1120 g/mol. The van der Waals surface area contributed by atoms with Gasteiger partial charge in [-0.3, -0.25) is 14.4 Å². The van der Waals surface area contributed by atoms with Crippen LogP contribution in [-0.4, -0.2) is 37.2 Å². The van der Waals surface area contributed by atoms with E-state index in [2.05, 4.69) is 69.4 Å². The van der Waals surface area contributed by atoms with Crippen LogP contribution >= 0.6 is 0 Å². The fourth-order valence-electron chi connectivity index (χ4n) is 10.7. The lowest BCUT2D eigenvalue weighted by Gasteiger charge is -2.18. The van der Waals surface area contributed by atoms with Crippen molar-refractivity contribution < 1.29 is 28.6 Å². The molecule has 0 aromatic heterocycles. The number of allylic oxidation sites excluding steroid dienone is 8. The van der Waals surface area contributed by atoms with Crippen molar-refractivity contribution in [1.29, 1.82) is 0 Å². The Kier molecular flexibility index (Phi) is 66.6. The number of hydrogen-bond acceptors (Lipinski definition) is 6. The Bertz CT molecular complexity index is 1380. The SMILES string of the molecule is CCCCC/C=C\C/C=C\C/C=C\CCCCCCCCC(=O)OC(COC(=O)CCCCCCCCCCCCCCCC)COC(=O)CCCCCCCCCCCCCCCCCCC/C=C\CCCCCCCCCC. The summed E-state index contributed by atoms with van der Waals surface area (Å²) in [5, 5.41) is 0. The van der Waals surface area contributed by atoms with Crippen molar-refractivity contribution in [3.8, 4) is 0 Å². The summed E-state index contributed by atoms with van der Waals surface area (Å²) in [5.41, 5.74) is 0. The molecule has 0 fully saturated rings. The number of rotatable bonds is 66. The first-order valence-electron chi connectivity index (χ1n) is 35.6. The van der Waals surface area contributed by atoms with Crippen LogP contribution in [0.3, 0.4) is 0 Å². The summed E-state index contributed by atoms with van der Waals surface area (Å²) in [4.78, 5) is 38.4. The number of esters is 3. The van der Waals surface area contributed by atoms with Gasteiger partial charge in [-0.1, -0.05) is 333 Å². The quantitative estimate of drug-likeness (QED) is 0.0261. The van der Waals surface area contributed by atoms with E-state index < -0.39 is 6.10 Å². The van der Waals surface area contributed by atoms with Crippen LogP contribution in [-0.2, 0) is 28.6 Å². The van der Waals surface area contributed by atoms with Crippen molar-refractivity contribution in [2.24, 2.45) is 0 Å². The molecule has 0 aliphatic heterocycles. The Labute approximate surface area is 498 Å². The lowest BCUT2D eigenvalue weighted by molar-refractivity contribution is -0.167. The number of hydrogen-bond donors (Lipinski definition) is 0. The second-order valence-electron chi connectivity index (χ2n) is 24.1. The van der Waals surface area contributed by atoms with E-state index in [0.717, 1.165) is 77.0 Å². The summed E-state index contributed by atoms with van der Waals surface area (Å²) >= 11 is 0. The van der Waals surface area contributed by atoms with E-state index >= 15 is 0 Å². The van der Waals surface area contributed by atoms with Gasteiger partial charge in [0.2, 0.25) is 0 Å². The van der Waals surface area contributed by atoms with Gasteiger partial charge in [0, 0.05) is 19.3 Å². The zero-order valence-electron chi connectivity index (χ0n) is 53.9. The molecule has 0 aromatic rings. The van der Waals surface area contributed by atoms with Gasteiger partial charge in [0.05, 0.1) is 0 Å². The molecule has 0 saturated heterocycles. The van der Waals surface area contributed by atoms with Gasteiger partial charge in [-0.25, -0.2) is 0 Å². The number of unbranched alkanes of at least 4 members (excludes halogenated alkanes) is 47. The maximum atomic E-state index is 12.9. The predicted octanol–water partition coefficient (Wildman–Crippen LogP) is 24.5. The van der Waals surface area contributed by atoms with E-state index in [1.165, 1.54) is 270 Å². The fraction of sp³-hybridized carbons (Fsp3) is 0.851. The highest BCUT2D eigenvalue weighted by atomic mass is 16.6. The molecule has 0 N–H and O–H groups in total. The van der Waals surface area contributed by atoms with E-state index in [4.69, 9.17) is 14.2 Å². The van der Waals surface area contributed by atoms with Gasteiger partial charge >= 0.3 is 17.9 Å². The second-order valence-corrected chi connectivity index (χ2v) is 24.1. The van der Waals surface area contributed by atoms with Gasteiger partial charge in [0.25, 0.3) is 0 Å². The normalized spacial score (nSPS) is 12.3. The topological polar surface area (TPSA) is 78.9 Å².